The van der Waals surface area contributed by atoms with Gasteiger partial charge in [-0.3, -0.25) is 15.0 Å². The average molecular weight is 439 g/mol. The fourth-order valence-electron chi connectivity index (χ4n) is 2.94. The van der Waals surface area contributed by atoms with E-state index in [4.69, 9.17) is 27.9 Å². The minimum Gasteiger partial charge on any atom is -0.489 e. The number of rotatable bonds is 5. The van der Waals surface area contributed by atoms with Crippen molar-refractivity contribution < 1.29 is 14.3 Å². The minimum absolute atomic E-state index is 0.0725. The summed E-state index contributed by atoms with van der Waals surface area (Å²) in [4.78, 5) is 24.9. The molecule has 1 heterocycles. The SMILES string of the molecule is O=C1NN(c2ccccc2)C(=O)/C1=C\c1ccc(OCc2ccc(Cl)c(Cl)c2)cc1. The number of carbonyl (C=O) groups is 2. The number of para-hydroxylation sites is 1. The maximum absolute atomic E-state index is 12.6. The zero-order chi connectivity index (χ0) is 21.1. The van der Waals surface area contributed by atoms with Gasteiger partial charge in [0.05, 0.1) is 15.7 Å². The second-order valence-electron chi connectivity index (χ2n) is 6.58. The van der Waals surface area contributed by atoms with Crippen LogP contribution in [0.3, 0.4) is 0 Å². The highest BCUT2D eigenvalue weighted by atomic mass is 35.5. The molecule has 0 unspecified atom stereocenters. The van der Waals surface area contributed by atoms with Crippen LogP contribution >= 0.6 is 23.2 Å². The first-order valence-electron chi connectivity index (χ1n) is 9.10. The quantitative estimate of drug-likeness (QED) is 0.448. The van der Waals surface area contributed by atoms with Crippen LogP contribution in [0, 0.1) is 0 Å². The Morgan fingerprint density at radius 3 is 2.33 bits per heavy atom. The molecule has 1 aliphatic rings. The van der Waals surface area contributed by atoms with Crippen molar-refractivity contribution >= 4 is 46.8 Å². The van der Waals surface area contributed by atoms with Crippen LogP contribution in [-0.2, 0) is 16.2 Å². The Morgan fingerprint density at radius 1 is 0.900 bits per heavy atom. The number of hydrogen-bond donors (Lipinski definition) is 1. The Kier molecular flexibility index (Phi) is 5.74. The number of hydrogen-bond acceptors (Lipinski definition) is 3. The maximum Gasteiger partial charge on any atom is 0.282 e. The van der Waals surface area contributed by atoms with Crippen LogP contribution in [-0.4, -0.2) is 11.8 Å². The molecular weight excluding hydrogens is 423 g/mol. The highest BCUT2D eigenvalue weighted by Gasteiger charge is 2.34. The second kappa shape index (κ2) is 8.61. The molecule has 0 atom stereocenters. The van der Waals surface area contributed by atoms with Gasteiger partial charge < -0.3 is 4.74 Å². The van der Waals surface area contributed by atoms with Crippen LogP contribution in [0.5, 0.6) is 5.75 Å². The molecule has 7 heteroatoms. The Balaban J connectivity index is 1.45. The number of halogens is 2. The molecule has 30 heavy (non-hydrogen) atoms. The number of anilines is 1. The molecule has 3 aromatic rings. The molecule has 0 aliphatic carbocycles. The molecule has 150 valence electrons. The van der Waals surface area contributed by atoms with Crippen molar-refractivity contribution in [2.45, 2.75) is 6.61 Å². The number of hydrazine groups is 1. The van der Waals surface area contributed by atoms with Crippen molar-refractivity contribution in [3.63, 3.8) is 0 Å². The number of benzene rings is 3. The molecule has 1 fully saturated rings. The highest BCUT2D eigenvalue weighted by molar-refractivity contribution is 6.42. The summed E-state index contributed by atoms with van der Waals surface area (Å²) in [7, 11) is 0. The number of carbonyl (C=O) groups excluding carboxylic acids is 2. The van der Waals surface area contributed by atoms with Gasteiger partial charge in [0.1, 0.15) is 17.9 Å². The largest absolute Gasteiger partial charge is 0.489 e. The standard InChI is InChI=1S/C23H16Cl2N2O3/c24-20-11-8-16(13-21(20)25)14-30-18-9-6-15(7-10-18)12-19-22(28)26-27(23(19)29)17-4-2-1-3-5-17/h1-13H,14H2,(H,26,28)/b19-12-. The molecule has 0 saturated carbocycles. The van der Waals surface area contributed by atoms with Crippen molar-refractivity contribution in [3.8, 4) is 5.75 Å². The first kappa shape index (κ1) is 20.0. The fourth-order valence-corrected chi connectivity index (χ4v) is 3.26. The molecule has 4 rings (SSSR count). The molecule has 1 saturated heterocycles. The predicted molar refractivity (Wildman–Crippen MR) is 117 cm³/mol. The van der Waals surface area contributed by atoms with Crippen molar-refractivity contribution in [2.75, 3.05) is 5.01 Å². The molecule has 3 aromatic carbocycles. The van der Waals surface area contributed by atoms with E-state index >= 15 is 0 Å². The van der Waals surface area contributed by atoms with E-state index in [0.717, 1.165) is 5.56 Å². The van der Waals surface area contributed by atoms with Crippen LogP contribution in [0.4, 0.5) is 5.69 Å². The first-order valence-corrected chi connectivity index (χ1v) is 9.86. The Bertz CT molecular complexity index is 1130. The summed E-state index contributed by atoms with van der Waals surface area (Å²) in [5.74, 6) is -0.189. The van der Waals surface area contributed by atoms with Gasteiger partial charge >= 0.3 is 0 Å². The van der Waals surface area contributed by atoms with E-state index < -0.39 is 11.8 Å². The molecule has 0 spiro atoms. The lowest BCUT2D eigenvalue weighted by molar-refractivity contribution is -0.117. The zero-order valence-electron chi connectivity index (χ0n) is 15.6. The van der Waals surface area contributed by atoms with Crippen LogP contribution in [0.15, 0.2) is 78.4 Å². The number of nitrogens with one attached hydrogen (secondary N) is 1. The fraction of sp³-hybridized carbons (Fsp3) is 0.0435. The van der Waals surface area contributed by atoms with Gasteiger partial charge in [-0.25, -0.2) is 5.01 Å². The predicted octanol–water partition coefficient (Wildman–Crippen LogP) is 5.03. The van der Waals surface area contributed by atoms with Crippen LogP contribution in [0.25, 0.3) is 6.08 Å². The first-order chi connectivity index (χ1) is 14.5. The van der Waals surface area contributed by atoms with Crippen LogP contribution < -0.4 is 15.2 Å². The lowest BCUT2D eigenvalue weighted by Gasteiger charge is -2.13. The van der Waals surface area contributed by atoms with Gasteiger partial charge in [0.25, 0.3) is 11.8 Å². The lowest BCUT2D eigenvalue weighted by Crippen LogP contribution is -2.35. The van der Waals surface area contributed by atoms with Gasteiger partial charge in [0.2, 0.25) is 0 Å². The number of ether oxygens (including phenoxy) is 1. The van der Waals surface area contributed by atoms with E-state index in [1.807, 2.05) is 12.1 Å². The average Bonchev–Trinajstić information content (AvgIpc) is 3.04. The summed E-state index contributed by atoms with van der Waals surface area (Å²) in [5, 5.41) is 2.21. The van der Waals surface area contributed by atoms with E-state index in [9.17, 15) is 9.59 Å². The monoisotopic (exact) mass is 438 g/mol. The number of nitrogens with zero attached hydrogens (tertiary/aromatic N) is 1. The summed E-state index contributed by atoms with van der Waals surface area (Å²) in [6.07, 6.45) is 1.56. The van der Waals surface area contributed by atoms with Crippen molar-refractivity contribution in [2.24, 2.45) is 0 Å². The lowest BCUT2D eigenvalue weighted by atomic mass is 10.1. The number of amides is 2. The molecule has 1 N–H and O–H groups in total. The molecule has 1 aliphatic heterocycles. The smallest absolute Gasteiger partial charge is 0.282 e. The van der Waals surface area contributed by atoms with E-state index in [-0.39, 0.29) is 5.57 Å². The third-order valence-corrected chi connectivity index (χ3v) is 5.23. The Labute approximate surface area is 183 Å². The maximum atomic E-state index is 12.6. The summed E-state index contributed by atoms with van der Waals surface area (Å²) < 4.78 is 5.75. The van der Waals surface area contributed by atoms with Crippen molar-refractivity contribution in [1.82, 2.24) is 5.43 Å². The highest BCUT2D eigenvalue weighted by Crippen LogP contribution is 2.24. The topological polar surface area (TPSA) is 58.6 Å². The van der Waals surface area contributed by atoms with Crippen molar-refractivity contribution in [3.05, 3.63) is 99.5 Å². The molecule has 2 amide bonds. The zero-order valence-corrected chi connectivity index (χ0v) is 17.2. The van der Waals surface area contributed by atoms with Gasteiger partial charge in [-0.2, -0.15) is 0 Å². The van der Waals surface area contributed by atoms with E-state index in [0.29, 0.717) is 33.7 Å². The minimum atomic E-state index is -0.441. The second-order valence-corrected chi connectivity index (χ2v) is 7.40. The van der Waals surface area contributed by atoms with Crippen LogP contribution in [0.1, 0.15) is 11.1 Å². The van der Waals surface area contributed by atoms with Gasteiger partial charge in [0.15, 0.2) is 0 Å². The molecule has 0 radical (unpaired) electrons. The normalized spacial score (nSPS) is 14.9. The Morgan fingerprint density at radius 2 is 1.63 bits per heavy atom. The molecule has 0 aromatic heterocycles. The third kappa shape index (κ3) is 4.32. The van der Waals surface area contributed by atoms with Gasteiger partial charge in [-0.1, -0.05) is 59.6 Å². The molecule has 5 nitrogen and oxygen atoms in total. The summed E-state index contributed by atoms with van der Waals surface area (Å²) in [6.45, 7) is 0.338. The van der Waals surface area contributed by atoms with Gasteiger partial charge in [-0.05, 0) is 53.6 Å². The summed E-state index contributed by atoms with van der Waals surface area (Å²) in [5.41, 5.74) is 4.86. The van der Waals surface area contributed by atoms with Gasteiger partial charge in [0, 0.05) is 0 Å². The summed E-state index contributed by atoms with van der Waals surface area (Å²) in [6, 6.07) is 21.4. The van der Waals surface area contributed by atoms with Crippen LogP contribution in [0.2, 0.25) is 10.0 Å². The third-order valence-electron chi connectivity index (χ3n) is 4.49. The summed E-state index contributed by atoms with van der Waals surface area (Å²) >= 11 is 11.9. The van der Waals surface area contributed by atoms with Crippen molar-refractivity contribution in [1.29, 1.82) is 0 Å². The van der Waals surface area contributed by atoms with Gasteiger partial charge in [-0.15, -0.1) is 0 Å². The molecule has 0 bridgehead atoms. The van der Waals surface area contributed by atoms with E-state index in [2.05, 4.69) is 5.43 Å². The molecular formula is C23H16Cl2N2O3. The van der Waals surface area contributed by atoms with E-state index in [1.54, 1.807) is 66.7 Å². The van der Waals surface area contributed by atoms with E-state index in [1.165, 1.54) is 5.01 Å². The Hall–Kier alpha value is -3.28.